The van der Waals surface area contributed by atoms with Crippen LogP contribution in [0.1, 0.15) is 6.42 Å². The number of hydrogen-bond donors (Lipinski definition) is 1. The van der Waals surface area contributed by atoms with Crippen LogP contribution in [-0.2, 0) is 26.5 Å². The fraction of sp³-hybridized carbons (Fsp3) is 0.500. The molecule has 0 saturated heterocycles. The van der Waals surface area contributed by atoms with Gasteiger partial charge in [-0.3, -0.25) is 4.57 Å². The highest BCUT2D eigenvalue weighted by Crippen LogP contribution is 2.17. The molecule has 0 spiro atoms. The molecule has 9 heteroatoms. The molecule has 0 atom stereocenters. The number of hydrogen-bond acceptors (Lipinski definition) is 6. The first-order valence-electron chi connectivity index (χ1n) is 7.11. The summed E-state index contributed by atoms with van der Waals surface area (Å²) < 4.78 is 43.3. The number of methoxy groups -OCH3 is 1. The van der Waals surface area contributed by atoms with E-state index in [9.17, 15) is 13.2 Å². The van der Waals surface area contributed by atoms with E-state index in [1.54, 1.807) is 20.2 Å². The van der Waals surface area contributed by atoms with E-state index in [0.29, 0.717) is 31.8 Å². The summed E-state index contributed by atoms with van der Waals surface area (Å²) in [5, 5.41) is 0. The van der Waals surface area contributed by atoms with Gasteiger partial charge in [-0.25, -0.2) is 17.9 Å². The Hall–Kier alpha value is -1.68. The van der Waals surface area contributed by atoms with Crippen LogP contribution in [0.5, 0.6) is 0 Å². The van der Waals surface area contributed by atoms with E-state index in [1.807, 2.05) is 0 Å². The van der Waals surface area contributed by atoms with Crippen LogP contribution in [0.3, 0.4) is 0 Å². The smallest absolute Gasteiger partial charge is 0.408 e. The summed E-state index contributed by atoms with van der Waals surface area (Å²) in [5.74, 6) is -0.532. The number of aromatic nitrogens is 1. The predicted octanol–water partition coefficient (Wildman–Crippen LogP) is 0.463. The molecule has 0 aliphatic rings. The number of nitrogens with zero attached hydrogens (tertiary/aromatic N) is 1. The Morgan fingerprint density at radius 3 is 2.78 bits per heavy atom. The lowest BCUT2D eigenvalue weighted by Crippen LogP contribution is -2.25. The Kier molecular flexibility index (Phi) is 5.94. The van der Waals surface area contributed by atoms with E-state index in [1.165, 1.54) is 16.7 Å². The van der Waals surface area contributed by atoms with Gasteiger partial charge in [-0.15, -0.1) is 0 Å². The van der Waals surface area contributed by atoms with Crippen molar-refractivity contribution in [3.8, 4) is 0 Å². The average molecular weight is 344 g/mol. The Labute approximate surface area is 134 Å². The topological polar surface area (TPSA) is 99.8 Å². The summed E-state index contributed by atoms with van der Waals surface area (Å²) in [4.78, 5) is 11.5. The van der Waals surface area contributed by atoms with E-state index in [4.69, 9.17) is 13.9 Å². The van der Waals surface area contributed by atoms with Crippen LogP contribution in [0, 0.1) is 0 Å². The van der Waals surface area contributed by atoms with E-state index >= 15 is 0 Å². The van der Waals surface area contributed by atoms with Crippen LogP contribution >= 0.6 is 0 Å². The maximum atomic E-state index is 12.2. The second-order valence-corrected chi connectivity index (χ2v) is 6.68. The molecule has 23 heavy (non-hydrogen) atoms. The third-order valence-corrected chi connectivity index (χ3v) is 4.72. The lowest BCUT2D eigenvalue weighted by molar-refractivity contribution is 0.0699. The van der Waals surface area contributed by atoms with Crippen molar-refractivity contribution in [1.29, 1.82) is 0 Å². The predicted molar refractivity (Wildman–Crippen MR) is 84.0 cm³/mol. The van der Waals surface area contributed by atoms with Crippen molar-refractivity contribution in [3.63, 3.8) is 0 Å². The molecule has 0 unspecified atom stereocenters. The molecule has 1 heterocycles. The first-order chi connectivity index (χ1) is 11.0. The summed E-state index contributed by atoms with van der Waals surface area (Å²) >= 11 is 0. The molecule has 1 aromatic carbocycles. The van der Waals surface area contributed by atoms with Gasteiger partial charge in [-0.05, 0) is 18.6 Å². The van der Waals surface area contributed by atoms with E-state index in [0.717, 1.165) is 0 Å². The van der Waals surface area contributed by atoms with Crippen LogP contribution in [0.15, 0.2) is 32.3 Å². The van der Waals surface area contributed by atoms with Gasteiger partial charge >= 0.3 is 5.76 Å². The third-order valence-electron chi connectivity index (χ3n) is 3.26. The number of ether oxygens (including phenoxy) is 2. The normalized spacial score (nSPS) is 12.1. The molecule has 0 saturated carbocycles. The van der Waals surface area contributed by atoms with Gasteiger partial charge in [0, 0.05) is 33.4 Å². The molecule has 8 nitrogen and oxygen atoms in total. The minimum atomic E-state index is -3.65. The molecule has 0 bridgehead atoms. The quantitative estimate of drug-likeness (QED) is 0.664. The maximum Gasteiger partial charge on any atom is 0.419 e. The van der Waals surface area contributed by atoms with Crippen molar-refractivity contribution >= 4 is 21.1 Å². The minimum absolute atomic E-state index is 0.0552. The zero-order valence-corrected chi connectivity index (χ0v) is 13.9. The highest BCUT2D eigenvalue weighted by atomic mass is 32.2. The molecule has 0 aliphatic carbocycles. The number of rotatable bonds is 9. The summed E-state index contributed by atoms with van der Waals surface area (Å²) in [6.07, 6.45) is 0.547. The van der Waals surface area contributed by atoms with Gasteiger partial charge in [-0.2, -0.15) is 0 Å². The van der Waals surface area contributed by atoms with Crippen LogP contribution < -0.4 is 10.5 Å². The summed E-state index contributed by atoms with van der Waals surface area (Å²) in [7, 11) is -0.508. The molecule has 0 radical (unpaired) electrons. The molecule has 1 N–H and O–H groups in total. The van der Waals surface area contributed by atoms with Crippen molar-refractivity contribution < 1.29 is 22.3 Å². The van der Waals surface area contributed by atoms with Crippen LogP contribution in [0.4, 0.5) is 0 Å². The van der Waals surface area contributed by atoms with Crippen molar-refractivity contribution in [2.75, 3.05) is 33.5 Å². The lowest BCUT2D eigenvalue weighted by atomic mass is 10.3. The van der Waals surface area contributed by atoms with Gasteiger partial charge in [0.05, 0.1) is 23.6 Å². The van der Waals surface area contributed by atoms with Crippen molar-refractivity contribution in [2.24, 2.45) is 7.05 Å². The van der Waals surface area contributed by atoms with E-state index < -0.39 is 15.8 Å². The standard InChI is InChI=1S/C14H20N2O6S/c1-16-12-5-4-11(10-13(12)22-14(16)17)23(18,19)15-6-3-7-21-9-8-20-2/h4-5,10,15H,3,6-9H2,1-2H3. The summed E-state index contributed by atoms with van der Waals surface area (Å²) in [6.45, 7) is 1.69. The summed E-state index contributed by atoms with van der Waals surface area (Å²) in [5.41, 5.74) is 0.781. The van der Waals surface area contributed by atoms with Crippen molar-refractivity contribution in [2.45, 2.75) is 11.3 Å². The maximum absolute atomic E-state index is 12.2. The van der Waals surface area contributed by atoms with Gasteiger partial charge in [0.2, 0.25) is 10.0 Å². The monoisotopic (exact) mass is 344 g/mol. The van der Waals surface area contributed by atoms with Gasteiger partial charge in [-0.1, -0.05) is 0 Å². The molecular weight excluding hydrogens is 324 g/mol. The molecule has 0 amide bonds. The minimum Gasteiger partial charge on any atom is -0.408 e. The molecular formula is C14H20N2O6S. The highest BCUT2D eigenvalue weighted by Gasteiger charge is 2.16. The number of sulfonamides is 1. The van der Waals surface area contributed by atoms with Gasteiger partial charge in [0.25, 0.3) is 0 Å². The molecule has 0 fully saturated rings. The van der Waals surface area contributed by atoms with Crippen molar-refractivity contribution in [1.82, 2.24) is 9.29 Å². The summed E-state index contributed by atoms with van der Waals surface area (Å²) in [6, 6.07) is 4.32. The zero-order chi connectivity index (χ0) is 16.9. The van der Waals surface area contributed by atoms with Gasteiger partial charge in [0.1, 0.15) is 0 Å². The molecule has 128 valence electrons. The van der Waals surface area contributed by atoms with Gasteiger partial charge < -0.3 is 13.9 Å². The lowest BCUT2D eigenvalue weighted by Gasteiger charge is -2.07. The largest absolute Gasteiger partial charge is 0.419 e. The second kappa shape index (κ2) is 7.73. The number of aryl methyl sites for hydroxylation is 1. The Balaban J connectivity index is 1.95. The van der Waals surface area contributed by atoms with E-state index in [2.05, 4.69) is 4.72 Å². The zero-order valence-electron chi connectivity index (χ0n) is 13.1. The van der Waals surface area contributed by atoms with Crippen LogP contribution in [-0.4, -0.2) is 46.5 Å². The fourth-order valence-electron chi connectivity index (χ4n) is 1.99. The molecule has 2 aromatic rings. The molecule has 1 aromatic heterocycles. The molecule has 2 rings (SSSR count). The van der Waals surface area contributed by atoms with Gasteiger partial charge in [0.15, 0.2) is 5.58 Å². The molecule has 0 aliphatic heterocycles. The van der Waals surface area contributed by atoms with Crippen molar-refractivity contribution in [3.05, 3.63) is 28.7 Å². The number of nitrogens with one attached hydrogen (secondary N) is 1. The van der Waals surface area contributed by atoms with Crippen LogP contribution in [0.25, 0.3) is 11.1 Å². The Morgan fingerprint density at radius 2 is 2.04 bits per heavy atom. The first-order valence-corrected chi connectivity index (χ1v) is 8.60. The Bertz CT molecular complexity index is 808. The van der Waals surface area contributed by atoms with Crippen LogP contribution in [0.2, 0.25) is 0 Å². The highest BCUT2D eigenvalue weighted by molar-refractivity contribution is 7.89. The van der Waals surface area contributed by atoms with E-state index in [-0.39, 0.29) is 17.0 Å². The fourth-order valence-corrected chi connectivity index (χ4v) is 3.08. The number of benzene rings is 1. The Morgan fingerprint density at radius 1 is 1.26 bits per heavy atom. The average Bonchev–Trinajstić information content (AvgIpc) is 2.81. The SMILES string of the molecule is COCCOCCCNS(=O)(=O)c1ccc2c(c1)oc(=O)n2C. The number of fused-ring (bicyclic) bond motifs is 1. The number of oxazole rings is 1. The third kappa shape index (κ3) is 4.41. The second-order valence-electron chi connectivity index (χ2n) is 4.91. The first kappa shape index (κ1) is 17.7.